The molecule has 4 aromatic rings. The van der Waals surface area contributed by atoms with Crippen LogP contribution in [0.5, 0.6) is 11.5 Å². The van der Waals surface area contributed by atoms with Crippen molar-refractivity contribution in [1.29, 1.82) is 0 Å². The van der Waals surface area contributed by atoms with Gasteiger partial charge in [0.25, 0.3) is 11.6 Å². The van der Waals surface area contributed by atoms with Crippen LogP contribution in [-0.4, -0.2) is 57.1 Å². The monoisotopic (exact) mass is 593 g/mol. The Hall–Kier alpha value is -3.86. The van der Waals surface area contributed by atoms with Crippen LogP contribution in [0.1, 0.15) is 10.4 Å². The molecule has 196 valence electrons. The number of carbonyl (C=O) groups excluding carboxylic acids is 2. The number of methoxy groups -OCH3 is 2. The highest BCUT2D eigenvalue weighted by Gasteiger charge is 2.22. The number of anilines is 2. The van der Waals surface area contributed by atoms with Gasteiger partial charge in [0.15, 0.2) is 9.35 Å². The summed E-state index contributed by atoms with van der Waals surface area (Å²) in [7, 11) is 3.09. The van der Waals surface area contributed by atoms with Gasteiger partial charge in [-0.05, 0) is 30.3 Å². The number of amides is 2. The number of benzene rings is 2. The second-order valence-corrected chi connectivity index (χ2v) is 10.7. The molecule has 38 heavy (non-hydrogen) atoms. The lowest BCUT2D eigenvalue weighted by Gasteiger charge is -2.07. The number of nitro groups is 1. The van der Waals surface area contributed by atoms with E-state index in [9.17, 15) is 19.7 Å². The lowest BCUT2D eigenvalue weighted by atomic mass is 10.1. The summed E-state index contributed by atoms with van der Waals surface area (Å²) in [6, 6.07) is 8.93. The second-order valence-electron chi connectivity index (χ2n) is 7.06. The van der Waals surface area contributed by atoms with Gasteiger partial charge in [-0.15, -0.1) is 20.4 Å². The third-order valence-electron chi connectivity index (χ3n) is 4.66. The number of thioether (sulfide) groups is 1. The van der Waals surface area contributed by atoms with E-state index < -0.39 is 16.5 Å². The van der Waals surface area contributed by atoms with Gasteiger partial charge in [0, 0.05) is 11.1 Å². The number of hydrogen-bond acceptors (Lipinski definition) is 13. The van der Waals surface area contributed by atoms with Gasteiger partial charge in [-0.2, -0.15) is 0 Å². The van der Waals surface area contributed by atoms with Crippen molar-refractivity contribution in [3.63, 3.8) is 0 Å². The van der Waals surface area contributed by atoms with Crippen molar-refractivity contribution in [3.05, 3.63) is 57.1 Å². The number of hydrogen-bond donors (Lipinski definition) is 2. The van der Waals surface area contributed by atoms with Crippen LogP contribution in [0.15, 0.2) is 40.7 Å². The molecule has 2 heterocycles. The molecule has 0 aliphatic rings. The average Bonchev–Trinajstić information content (AvgIpc) is 3.56. The summed E-state index contributed by atoms with van der Waals surface area (Å²) in [4.78, 5) is 35.5. The van der Waals surface area contributed by atoms with Gasteiger partial charge in [-0.25, -0.2) is 0 Å². The SMILES string of the molecule is COc1ccc(OC)c(-c2nnc(NC(=O)CSc3nnc(NC(=O)c4cc(Cl)ccc4[N+](=O)[O-])s3)s2)c1. The van der Waals surface area contributed by atoms with Crippen molar-refractivity contribution < 1.29 is 24.0 Å². The molecular weight excluding hydrogens is 578 g/mol. The van der Waals surface area contributed by atoms with Crippen molar-refractivity contribution in [2.75, 3.05) is 30.6 Å². The second kappa shape index (κ2) is 12.1. The third kappa shape index (κ3) is 6.52. The Morgan fingerprint density at radius 2 is 1.79 bits per heavy atom. The summed E-state index contributed by atoms with van der Waals surface area (Å²) in [5, 5.41) is 33.3. The van der Waals surface area contributed by atoms with Crippen molar-refractivity contribution in [1.82, 2.24) is 20.4 Å². The molecule has 0 bridgehead atoms. The molecule has 0 fully saturated rings. The van der Waals surface area contributed by atoms with Gasteiger partial charge in [0.1, 0.15) is 17.1 Å². The zero-order chi connectivity index (χ0) is 27.2. The Bertz CT molecular complexity index is 1510. The van der Waals surface area contributed by atoms with E-state index in [1.807, 2.05) is 0 Å². The minimum absolute atomic E-state index is 0.0141. The molecule has 2 amide bonds. The van der Waals surface area contributed by atoms with Gasteiger partial charge >= 0.3 is 0 Å². The molecule has 0 aliphatic carbocycles. The molecule has 2 N–H and O–H groups in total. The highest BCUT2D eigenvalue weighted by molar-refractivity contribution is 8.01. The minimum Gasteiger partial charge on any atom is -0.497 e. The van der Waals surface area contributed by atoms with Crippen molar-refractivity contribution in [2.45, 2.75) is 4.34 Å². The summed E-state index contributed by atoms with van der Waals surface area (Å²) in [6.07, 6.45) is 0. The van der Waals surface area contributed by atoms with Crippen LogP contribution in [0.3, 0.4) is 0 Å². The number of carbonyl (C=O) groups is 2. The molecule has 0 saturated heterocycles. The van der Waals surface area contributed by atoms with E-state index in [-0.39, 0.29) is 27.4 Å². The number of halogens is 1. The minimum atomic E-state index is -0.760. The molecule has 0 radical (unpaired) electrons. The van der Waals surface area contributed by atoms with Gasteiger partial charge in [0.2, 0.25) is 16.2 Å². The van der Waals surface area contributed by atoms with Crippen LogP contribution in [0, 0.1) is 10.1 Å². The molecular formula is C21H16ClN7O6S3. The molecule has 0 spiro atoms. The highest BCUT2D eigenvalue weighted by Crippen LogP contribution is 2.36. The molecule has 2 aromatic heterocycles. The Labute approximate surface area is 231 Å². The van der Waals surface area contributed by atoms with E-state index in [0.29, 0.717) is 31.5 Å². The molecule has 0 atom stereocenters. The average molecular weight is 594 g/mol. The first-order valence-electron chi connectivity index (χ1n) is 10.3. The summed E-state index contributed by atoms with van der Waals surface area (Å²) in [5.41, 5.74) is 0.0624. The van der Waals surface area contributed by atoms with E-state index in [1.165, 1.54) is 30.6 Å². The van der Waals surface area contributed by atoms with Crippen LogP contribution in [0.4, 0.5) is 16.0 Å². The van der Waals surface area contributed by atoms with E-state index in [4.69, 9.17) is 21.1 Å². The fraction of sp³-hybridized carbons (Fsp3) is 0.143. The zero-order valence-corrected chi connectivity index (χ0v) is 22.7. The number of nitrogens with zero attached hydrogens (tertiary/aromatic N) is 5. The molecule has 17 heteroatoms. The number of ether oxygens (including phenoxy) is 2. The van der Waals surface area contributed by atoms with Crippen LogP contribution >= 0.6 is 46.0 Å². The van der Waals surface area contributed by atoms with Crippen molar-refractivity contribution in [2.24, 2.45) is 0 Å². The van der Waals surface area contributed by atoms with E-state index in [2.05, 4.69) is 31.0 Å². The summed E-state index contributed by atoms with van der Waals surface area (Å²) < 4.78 is 11.0. The fourth-order valence-electron chi connectivity index (χ4n) is 2.98. The van der Waals surface area contributed by atoms with Gasteiger partial charge in [-0.3, -0.25) is 30.3 Å². The quantitative estimate of drug-likeness (QED) is 0.114. The lowest BCUT2D eigenvalue weighted by molar-refractivity contribution is -0.385. The van der Waals surface area contributed by atoms with Crippen LogP contribution in [-0.2, 0) is 4.79 Å². The third-order valence-corrected chi connectivity index (χ3v) is 7.74. The van der Waals surface area contributed by atoms with E-state index in [1.54, 1.807) is 25.3 Å². The molecule has 4 rings (SSSR count). The summed E-state index contributed by atoms with van der Waals surface area (Å²) >= 11 is 9.14. The van der Waals surface area contributed by atoms with Gasteiger partial charge in [-0.1, -0.05) is 46.0 Å². The van der Waals surface area contributed by atoms with E-state index in [0.717, 1.165) is 29.2 Å². The predicted molar refractivity (Wildman–Crippen MR) is 144 cm³/mol. The van der Waals surface area contributed by atoms with Crippen molar-refractivity contribution >= 4 is 73.8 Å². The maximum atomic E-state index is 12.5. The Morgan fingerprint density at radius 1 is 1.03 bits per heavy atom. The van der Waals surface area contributed by atoms with Crippen LogP contribution < -0.4 is 20.1 Å². The molecule has 0 unspecified atom stereocenters. The van der Waals surface area contributed by atoms with Crippen molar-refractivity contribution in [3.8, 4) is 22.1 Å². The fourth-order valence-corrected chi connectivity index (χ4v) is 5.48. The Kier molecular flexibility index (Phi) is 8.67. The number of nitrogens with one attached hydrogen (secondary N) is 2. The predicted octanol–water partition coefficient (Wildman–Crippen LogP) is 4.62. The maximum Gasteiger partial charge on any atom is 0.282 e. The van der Waals surface area contributed by atoms with Gasteiger partial charge in [0.05, 0.1) is 30.5 Å². The van der Waals surface area contributed by atoms with Crippen LogP contribution in [0.2, 0.25) is 5.02 Å². The molecule has 13 nitrogen and oxygen atoms in total. The standard InChI is InChI=1S/C21H16ClN7O6S3/c1-34-11-4-6-15(35-2)13(8-11)18-25-26-19(37-18)23-16(30)9-36-21-28-27-20(38-21)24-17(31)12-7-10(22)3-5-14(12)29(32)33/h3-8H,9H2,1-2H3,(H,23,26,30)(H,24,27,31). The van der Waals surface area contributed by atoms with E-state index >= 15 is 0 Å². The maximum absolute atomic E-state index is 12.5. The highest BCUT2D eigenvalue weighted by atomic mass is 35.5. The normalized spacial score (nSPS) is 10.6. The largest absolute Gasteiger partial charge is 0.497 e. The number of aromatic nitrogens is 4. The van der Waals surface area contributed by atoms with Crippen LogP contribution in [0.25, 0.3) is 10.6 Å². The Balaban J connectivity index is 1.34. The molecule has 0 saturated carbocycles. The van der Waals surface area contributed by atoms with Gasteiger partial charge < -0.3 is 9.47 Å². The smallest absolute Gasteiger partial charge is 0.282 e. The first kappa shape index (κ1) is 27.2. The number of rotatable bonds is 10. The zero-order valence-electron chi connectivity index (χ0n) is 19.5. The molecule has 2 aromatic carbocycles. The summed E-state index contributed by atoms with van der Waals surface area (Å²) in [6.45, 7) is 0. The first-order chi connectivity index (χ1) is 18.3. The summed E-state index contributed by atoms with van der Waals surface area (Å²) in [5.74, 6) is 0.0747. The lowest BCUT2D eigenvalue weighted by Crippen LogP contribution is -2.13. The topological polar surface area (TPSA) is 171 Å². The Morgan fingerprint density at radius 3 is 2.53 bits per heavy atom. The molecule has 0 aliphatic heterocycles. The first-order valence-corrected chi connectivity index (χ1v) is 13.3. The number of nitro benzene ring substituents is 1.